The van der Waals surface area contributed by atoms with E-state index in [4.69, 9.17) is 9.47 Å². The Morgan fingerprint density at radius 3 is 2.29 bits per heavy atom. The summed E-state index contributed by atoms with van der Waals surface area (Å²) in [4.78, 5) is 11.7. The summed E-state index contributed by atoms with van der Waals surface area (Å²) in [6.45, 7) is 1.16. The number of fused-ring (bicyclic) bond motifs is 1. The number of rotatable bonds is 4. The third kappa shape index (κ3) is 3.53. The van der Waals surface area contributed by atoms with Crippen LogP contribution in [0.25, 0.3) is 0 Å². The van der Waals surface area contributed by atoms with E-state index in [1.807, 2.05) is 42.5 Å². The van der Waals surface area contributed by atoms with Gasteiger partial charge in [-0.1, -0.05) is 0 Å². The SMILES string of the molecule is O=C(Nc1ccc(Nc2ccc3c(c2)OCCO3)cc1)NC1CC1. The first-order chi connectivity index (χ1) is 11.8. The van der Waals surface area contributed by atoms with E-state index in [0.717, 1.165) is 41.4 Å². The molecule has 6 heteroatoms. The first-order valence-electron chi connectivity index (χ1n) is 8.10. The lowest BCUT2D eigenvalue weighted by atomic mass is 10.2. The van der Waals surface area contributed by atoms with Crippen molar-refractivity contribution < 1.29 is 14.3 Å². The highest BCUT2D eigenvalue weighted by atomic mass is 16.6. The van der Waals surface area contributed by atoms with Crippen LogP contribution in [0, 0.1) is 0 Å². The fraction of sp³-hybridized carbons (Fsp3) is 0.278. The van der Waals surface area contributed by atoms with Gasteiger partial charge in [-0.2, -0.15) is 0 Å². The molecule has 0 aromatic heterocycles. The molecule has 0 bridgehead atoms. The van der Waals surface area contributed by atoms with Gasteiger partial charge in [0.2, 0.25) is 0 Å². The van der Waals surface area contributed by atoms with Gasteiger partial charge in [-0.05, 0) is 49.2 Å². The molecule has 1 aliphatic carbocycles. The molecule has 124 valence electrons. The summed E-state index contributed by atoms with van der Waals surface area (Å²) in [7, 11) is 0. The lowest BCUT2D eigenvalue weighted by Gasteiger charge is -2.19. The maximum Gasteiger partial charge on any atom is 0.319 e. The van der Waals surface area contributed by atoms with Crippen LogP contribution in [0.4, 0.5) is 21.9 Å². The quantitative estimate of drug-likeness (QED) is 0.805. The zero-order chi connectivity index (χ0) is 16.4. The minimum Gasteiger partial charge on any atom is -0.486 e. The van der Waals surface area contributed by atoms with Gasteiger partial charge in [0.15, 0.2) is 11.5 Å². The summed E-state index contributed by atoms with van der Waals surface area (Å²) in [5, 5.41) is 9.04. The van der Waals surface area contributed by atoms with Gasteiger partial charge in [-0.15, -0.1) is 0 Å². The van der Waals surface area contributed by atoms with Gasteiger partial charge in [0, 0.05) is 29.2 Å². The number of nitrogens with one attached hydrogen (secondary N) is 3. The fourth-order valence-corrected chi connectivity index (χ4v) is 2.50. The predicted molar refractivity (Wildman–Crippen MR) is 92.3 cm³/mol. The highest BCUT2D eigenvalue weighted by Crippen LogP contribution is 2.33. The summed E-state index contributed by atoms with van der Waals surface area (Å²) in [6, 6.07) is 13.5. The number of urea groups is 1. The number of amides is 2. The van der Waals surface area contributed by atoms with Crippen molar-refractivity contribution in [2.45, 2.75) is 18.9 Å². The first kappa shape index (κ1) is 14.7. The smallest absolute Gasteiger partial charge is 0.319 e. The van der Waals surface area contributed by atoms with E-state index in [-0.39, 0.29) is 6.03 Å². The molecule has 0 saturated heterocycles. The predicted octanol–water partition coefficient (Wildman–Crippen LogP) is 3.49. The monoisotopic (exact) mass is 325 g/mol. The van der Waals surface area contributed by atoms with E-state index in [1.54, 1.807) is 0 Å². The Kier molecular flexibility index (Phi) is 3.86. The van der Waals surface area contributed by atoms with Crippen molar-refractivity contribution in [2.24, 2.45) is 0 Å². The molecular weight excluding hydrogens is 306 g/mol. The molecule has 6 nitrogen and oxygen atoms in total. The number of hydrogen-bond acceptors (Lipinski definition) is 4. The summed E-state index contributed by atoms with van der Waals surface area (Å²) in [6.07, 6.45) is 2.15. The Morgan fingerprint density at radius 1 is 0.875 bits per heavy atom. The fourth-order valence-electron chi connectivity index (χ4n) is 2.50. The molecular formula is C18H19N3O3. The van der Waals surface area contributed by atoms with Crippen molar-refractivity contribution >= 4 is 23.1 Å². The Balaban J connectivity index is 1.38. The zero-order valence-electron chi connectivity index (χ0n) is 13.2. The second kappa shape index (κ2) is 6.31. The van der Waals surface area contributed by atoms with Crippen LogP contribution >= 0.6 is 0 Å². The van der Waals surface area contributed by atoms with Crippen LogP contribution in [-0.4, -0.2) is 25.3 Å². The van der Waals surface area contributed by atoms with Crippen molar-refractivity contribution in [3.63, 3.8) is 0 Å². The highest BCUT2D eigenvalue weighted by Gasteiger charge is 2.23. The van der Waals surface area contributed by atoms with Gasteiger partial charge in [0.05, 0.1) is 0 Å². The number of anilines is 3. The van der Waals surface area contributed by atoms with Gasteiger partial charge in [-0.3, -0.25) is 0 Å². The average molecular weight is 325 g/mol. The molecule has 2 aliphatic rings. The molecule has 2 amide bonds. The average Bonchev–Trinajstić information content (AvgIpc) is 3.40. The zero-order valence-corrected chi connectivity index (χ0v) is 13.2. The van der Waals surface area contributed by atoms with Gasteiger partial charge in [-0.25, -0.2) is 4.79 Å². The van der Waals surface area contributed by atoms with Crippen LogP contribution in [0.1, 0.15) is 12.8 Å². The van der Waals surface area contributed by atoms with E-state index in [9.17, 15) is 4.79 Å². The number of ether oxygens (including phenoxy) is 2. The molecule has 2 aromatic carbocycles. The molecule has 24 heavy (non-hydrogen) atoms. The minimum atomic E-state index is -0.148. The molecule has 4 rings (SSSR count). The summed E-state index contributed by atoms with van der Waals surface area (Å²) >= 11 is 0. The van der Waals surface area contributed by atoms with E-state index in [0.29, 0.717) is 19.3 Å². The van der Waals surface area contributed by atoms with Crippen molar-refractivity contribution in [3.8, 4) is 11.5 Å². The van der Waals surface area contributed by atoms with E-state index in [1.165, 1.54) is 0 Å². The Bertz CT molecular complexity index is 742. The van der Waals surface area contributed by atoms with E-state index < -0.39 is 0 Å². The van der Waals surface area contributed by atoms with Crippen LogP contribution in [0.5, 0.6) is 11.5 Å². The summed E-state index contributed by atoms with van der Waals surface area (Å²) in [5.74, 6) is 1.52. The Morgan fingerprint density at radius 2 is 1.54 bits per heavy atom. The van der Waals surface area contributed by atoms with E-state index >= 15 is 0 Å². The largest absolute Gasteiger partial charge is 0.486 e. The number of hydrogen-bond donors (Lipinski definition) is 3. The first-order valence-corrected chi connectivity index (χ1v) is 8.10. The Labute approximate surface area is 140 Å². The summed E-state index contributed by atoms with van der Waals surface area (Å²) < 4.78 is 11.1. The van der Waals surface area contributed by atoms with Crippen molar-refractivity contribution in [3.05, 3.63) is 42.5 Å². The number of benzene rings is 2. The third-order valence-electron chi connectivity index (χ3n) is 3.89. The van der Waals surface area contributed by atoms with Crippen molar-refractivity contribution in [1.82, 2.24) is 5.32 Å². The molecule has 1 heterocycles. The molecule has 0 radical (unpaired) electrons. The molecule has 0 atom stereocenters. The maximum absolute atomic E-state index is 11.7. The maximum atomic E-state index is 11.7. The molecule has 1 fully saturated rings. The Hall–Kier alpha value is -2.89. The molecule has 2 aromatic rings. The lowest BCUT2D eigenvalue weighted by molar-refractivity contribution is 0.171. The third-order valence-corrected chi connectivity index (χ3v) is 3.89. The normalized spacial score (nSPS) is 15.5. The minimum absolute atomic E-state index is 0.148. The summed E-state index contributed by atoms with van der Waals surface area (Å²) in [5.41, 5.74) is 2.62. The number of carbonyl (C=O) groups excluding carboxylic acids is 1. The van der Waals surface area contributed by atoms with Crippen LogP contribution in [0.15, 0.2) is 42.5 Å². The van der Waals surface area contributed by atoms with Crippen LogP contribution in [0.3, 0.4) is 0 Å². The van der Waals surface area contributed by atoms with Gasteiger partial charge in [0.25, 0.3) is 0 Å². The molecule has 1 saturated carbocycles. The van der Waals surface area contributed by atoms with Gasteiger partial charge in [0.1, 0.15) is 13.2 Å². The van der Waals surface area contributed by atoms with Gasteiger partial charge >= 0.3 is 6.03 Å². The van der Waals surface area contributed by atoms with Gasteiger partial charge < -0.3 is 25.4 Å². The molecule has 0 spiro atoms. The second-order valence-corrected chi connectivity index (χ2v) is 5.93. The standard InChI is InChI=1S/C18H19N3O3/c22-18(21-14-5-6-14)20-13-3-1-12(2-4-13)19-15-7-8-16-17(11-15)24-10-9-23-16/h1-4,7-8,11,14,19H,5-6,9-10H2,(H2,20,21,22). The van der Waals surface area contributed by atoms with Crippen molar-refractivity contribution in [2.75, 3.05) is 23.8 Å². The van der Waals surface area contributed by atoms with Crippen LogP contribution in [-0.2, 0) is 0 Å². The van der Waals surface area contributed by atoms with Crippen LogP contribution in [0.2, 0.25) is 0 Å². The second-order valence-electron chi connectivity index (χ2n) is 5.93. The molecule has 0 unspecified atom stereocenters. The number of carbonyl (C=O) groups is 1. The molecule has 3 N–H and O–H groups in total. The lowest BCUT2D eigenvalue weighted by Crippen LogP contribution is -2.30. The molecule has 1 aliphatic heterocycles. The highest BCUT2D eigenvalue weighted by molar-refractivity contribution is 5.89. The van der Waals surface area contributed by atoms with E-state index in [2.05, 4.69) is 16.0 Å². The van der Waals surface area contributed by atoms with Crippen LogP contribution < -0.4 is 25.4 Å². The topological polar surface area (TPSA) is 71.6 Å². The van der Waals surface area contributed by atoms with Crippen molar-refractivity contribution in [1.29, 1.82) is 0 Å².